The fraction of sp³-hybridized carbons (Fsp3) is 0.250. The molecule has 0 bridgehead atoms. The van der Waals surface area contributed by atoms with Crippen LogP contribution in [0.1, 0.15) is 6.92 Å². The van der Waals surface area contributed by atoms with E-state index in [0.717, 1.165) is 10.9 Å². The summed E-state index contributed by atoms with van der Waals surface area (Å²) in [6.45, 7) is 2.16. The average molecular weight is 266 g/mol. The highest BCUT2D eigenvalue weighted by Gasteiger charge is 2.08. The highest BCUT2D eigenvalue weighted by molar-refractivity contribution is 6.28. The predicted molar refractivity (Wildman–Crippen MR) is 69.7 cm³/mol. The van der Waals surface area contributed by atoms with E-state index >= 15 is 0 Å². The Kier molecular flexibility index (Phi) is 3.94. The molecule has 0 radical (unpaired) electrons. The molecule has 2 aromatic rings. The van der Waals surface area contributed by atoms with E-state index in [9.17, 15) is 4.79 Å². The largest absolute Gasteiger partial charge is 0.465 e. The summed E-state index contributed by atoms with van der Waals surface area (Å²) in [7, 11) is 0. The summed E-state index contributed by atoms with van der Waals surface area (Å²) >= 11 is 5.82. The third-order valence-electron chi connectivity index (χ3n) is 2.28. The fourth-order valence-electron chi connectivity index (χ4n) is 1.55. The average Bonchev–Trinajstić information content (AvgIpc) is 2.36. The minimum absolute atomic E-state index is 0.0468. The van der Waals surface area contributed by atoms with Gasteiger partial charge in [0.25, 0.3) is 0 Å². The molecule has 0 aliphatic rings. The van der Waals surface area contributed by atoms with E-state index in [1.807, 2.05) is 24.3 Å². The molecule has 0 amide bonds. The number of carbonyl (C=O) groups is 1. The van der Waals surface area contributed by atoms with Crippen molar-refractivity contribution in [2.24, 2.45) is 0 Å². The molecule has 2 rings (SSSR count). The van der Waals surface area contributed by atoms with Gasteiger partial charge in [-0.25, -0.2) is 9.97 Å². The van der Waals surface area contributed by atoms with Gasteiger partial charge in [0.2, 0.25) is 5.28 Å². The summed E-state index contributed by atoms with van der Waals surface area (Å²) in [5, 5.41) is 3.85. The molecule has 0 spiro atoms. The summed E-state index contributed by atoms with van der Waals surface area (Å²) in [6, 6.07) is 7.42. The number of hydrogen-bond donors (Lipinski definition) is 1. The molecule has 0 aliphatic carbocycles. The lowest BCUT2D eigenvalue weighted by atomic mass is 10.2. The number of hydrogen-bond acceptors (Lipinski definition) is 5. The SMILES string of the molecule is CCOC(=O)CNc1nc(Cl)nc2ccccc12. The highest BCUT2D eigenvalue weighted by atomic mass is 35.5. The van der Waals surface area contributed by atoms with Crippen molar-refractivity contribution >= 4 is 34.3 Å². The Morgan fingerprint density at radius 1 is 1.39 bits per heavy atom. The second kappa shape index (κ2) is 5.64. The molecule has 0 saturated heterocycles. The first-order valence-corrected chi connectivity index (χ1v) is 5.90. The van der Waals surface area contributed by atoms with Gasteiger partial charge in [0.05, 0.1) is 12.1 Å². The maximum Gasteiger partial charge on any atom is 0.325 e. The third kappa shape index (κ3) is 2.87. The lowest BCUT2D eigenvalue weighted by molar-refractivity contribution is -0.140. The maximum atomic E-state index is 11.3. The Labute approximate surface area is 109 Å². The first-order chi connectivity index (χ1) is 8.70. The number of nitrogens with zero attached hydrogens (tertiary/aromatic N) is 2. The predicted octanol–water partition coefficient (Wildman–Crippen LogP) is 2.26. The van der Waals surface area contributed by atoms with Crippen molar-refractivity contribution in [3.05, 3.63) is 29.5 Å². The van der Waals surface area contributed by atoms with Gasteiger partial charge >= 0.3 is 5.97 Å². The van der Waals surface area contributed by atoms with E-state index in [1.54, 1.807) is 6.92 Å². The summed E-state index contributed by atoms with van der Waals surface area (Å²) in [5.74, 6) is 0.190. The molecule has 0 unspecified atom stereocenters. The first-order valence-electron chi connectivity index (χ1n) is 5.52. The number of nitrogens with one attached hydrogen (secondary N) is 1. The fourth-order valence-corrected chi connectivity index (χ4v) is 1.73. The maximum absolute atomic E-state index is 11.3. The number of anilines is 1. The van der Waals surface area contributed by atoms with Gasteiger partial charge in [-0.1, -0.05) is 12.1 Å². The Morgan fingerprint density at radius 3 is 2.94 bits per heavy atom. The van der Waals surface area contributed by atoms with Crippen molar-refractivity contribution in [2.45, 2.75) is 6.92 Å². The summed E-state index contributed by atoms with van der Waals surface area (Å²) in [4.78, 5) is 19.4. The van der Waals surface area contributed by atoms with Crippen LogP contribution in [-0.4, -0.2) is 29.1 Å². The molecule has 1 aromatic heterocycles. The Hall–Kier alpha value is -1.88. The molecule has 0 fully saturated rings. The topological polar surface area (TPSA) is 64.1 Å². The number of ether oxygens (including phenoxy) is 1. The van der Waals surface area contributed by atoms with Gasteiger partial charge in [-0.15, -0.1) is 0 Å². The Balaban J connectivity index is 2.24. The molecule has 5 nitrogen and oxygen atoms in total. The molecule has 18 heavy (non-hydrogen) atoms. The lowest BCUT2D eigenvalue weighted by Gasteiger charge is -2.08. The van der Waals surface area contributed by atoms with Gasteiger partial charge in [0.15, 0.2) is 0 Å². The van der Waals surface area contributed by atoms with Crippen molar-refractivity contribution in [2.75, 3.05) is 18.5 Å². The number of para-hydroxylation sites is 1. The zero-order chi connectivity index (χ0) is 13.0. The summed E-state index contributed by atoms with van der Waals surface area (Å²) < 4.78 is 4.83. The Morgan fingerprint density at radius 2 is 2.17 bits per heavy atom. The molecule has 0 aliphatic heterocycles. The number of fused-ring (bicyclic) bond motifs is 1. The quantitative estimate of drug-likeness (QED) is 0.679. The molecule has 94 valence electrons. The van der Waals surface area contributed by atoms with Crippen LogP contribution in [0.25, 0.3) is 10.9 Å². The van der Waals surface area contributed by atoms with Gasteiger partial charge in [0.1, 0.15) is 12.4 Å². The zero-order valence-corrected chi connectivity index (χ0v) is 10.6. The number of aromatic nitrogens is 2. The number of benzene rings is 1. The van der Waals surface area contributed by atoms with Crippen LogP contribution in [-0.2, 0) is 9.53 Å². The van der Waals surface area contributed by atoms with E-state index in [4.69, 9.17) is 16.3 Å². The van der Waals surface area contributed by atoms with Crippen LogP contribution in [0.4, 0.5) is 5.82 Å². The van der Waals surface area contributed by atoms with Crippen LogP contribution in [0.3, 0.4) is 0 Å². The number of halogens is 1. The molecule has 1 aromatic carbocycles. The van der Waals surface area contributed by atoms with Crippen molar-refractivity contribution in [3.63, 3.8) is 0 Å². The Bertz CT molecular complexity index is 574. The van der Waals surface area contributed by atoms with E-state index in [0.29, 0.717) is 12.4 Å². The number of esters is 1. The zero-order valence-electron chi connectivity index (χ0n) is 9.81. The van der Waals surface area contributed by atoms with Crippen LogP contribution in [0.2, 0.25) is 5.28 Å². The highest BCUT2D eigenvalue weighted by Crippen LogP contribution is 2.21. The van der Waals surface area contributed by atoms with E-state index < -0.39 is 0 Å². The van der Waals surface area contributed by atoms with E-state index in [2.05, 4.69) is 15.3 Å². The molecule has 0 saturated carbocycles. The second-order valence-electron chi connectivity index (χ2n) is 3.52. The van der Waals surface area contributed by atoms with Gasteiger partial charge in [0, 0.05) is 5.39 Å². The molecular formula is C12H12ClN3O2. The van der Waals surface area contributed by atoms with Crippen molar-refractivity contribution in [3.8, 4) is 0 Å². The van der Waals surface area contributed by atoms with Gasteiger partial charge < -0.3 is 10.1 Å². The van der Waals surface area contributed by atoms with Gasteiger partial charge in [-0.3, -0.25) is 4.79 Å². The second-order valence-corrected chi connectivity index (χ2v) is 3.86. The molecular weight excluding hydrogens is 254 g/mol. The van der Waals surface area contributed by atoms with Gasteiger partial charge in [-0.05, 0) is 30.7 Å². The monoisotopic (exact) mass is 265 g/mol. The van der Waals surface area contributed by atoms with E-state index in [1.165, 1.54) is 0 Å². The van der Waals surface area contributed by atoms with Crippen LogP contribution >= 0.6 is 11.6 Å². The molecule has 6 heteroatoms. The van der Waals surface area contributed by atoms with Crippen LogP contribution in [0.15, 0.2) is 24.3 Å². The van der Waals surface area contributed by atoms with Crippen molar-refractivity contribution in [1.29, 1.82) is 0 Å². The van der Waals surface area contributed by atoms with Gasteiger partial charge in [-0.2, -0.15) is 0 Å². The molecule has 0 atom stereocenters. The van der Waals surface area contributed by atoms with Crippen LogP contribution < -0.4 is 5.32 Å². The molecule has 1 N–H and O–H groups in total. The summed E-state index contributed by atoms with van der Waals surface area (Å²) in [5.41, 5.74) is 0.726. The minimum Gasteiger partial charge on any atom is -0.465 e. The first kappa shape index (κ1) is 12.6. The van der Waals surface area contributed by atoms with Crippen molar-refractivity contribution < 1.29 is 9.53 Å². The number of rotatable bonds is 4. The lowest BCUT2D eigenvalue weighted by Crippen LogP contribution is -2.17. The van der Waals surface area contributed by atoms with Crippen LogP contribution in [0.5, 0.6) is 0 Å². The minimum atomic E-state index is -0.337. The normalized spacial score (nSPS) is 10.3. The van der Waals surface area contributed by atoms with E-state index in [-0.39, 0.29) is 17.8 Å². The van der Waals surface area contributed by atoms with Crippen LogP contribution in [0, 0.1) is 0 Å². The smallest absolute Gasteiger partial charge is 0.325 e. The third-order valence-corrected chi connectivity index (χ3v) is 2.45. The summed E-state index contributed by atoms with van der Waals surface area (Å²) in [6.07, 6.45) is 0. The number of carbonyl (C=O) groups excluding carboxylic acids is 1. The van der Waals surface area contributed by atoms with Crippen molar-refractivity contribution in [1.82, 2.24) is 9.97 Å². The standard InChI is InChI=1S/C12H12ClN3O2/c1-2-18-10(17)7-14-11-8-5-3-4-6-9(8)15-12(13)16-11/h3-6H,2,7H2,1H3,(H,14,15,16). The molecule has 1 heterocycles.